The first-order chi connectivity index (χ1) is 13.5. The van der Waals surface area contributed by atoms with Gasteiger partial charge in [0.15, 0.2) is 5.78 Å². The number of aryl methyl sites for hydroxylation is 1. The van der Waals surface area contributed by atoms with Gasteiger partial charge in [0.2, 0.25) is 0 Å². The number of amides is 1. The van der Waals surface area contributed by atoms with E-state index in [4.69, 9.17) is 9.57 Å². The van der Waals surface area contributed by atoms with Crippen molar-refractivity contribution in [2.75, 3.05) is 7.11 Å². The van der Waals surface area contributed by atoms with Gasteiger partial charge in [-0.2, -0.15) is 5.10 Å². The molecule has 9 heteroatoms. The number of hydroxylamine groups is 2. The number of benzene rings is 1. The van der Waals surface area contributed by atoms with Gasteiger partial charge in [-0.15, -0.1) is 0 Å². The number of carbonyl (C=O) groups is 2. The maximum absolute atomic E-state index is 13.3. The van der Waals surface area contributed by atoms with E-state index in [2.05, 4.69) is 5.10 Å². The highest BCUT2D eigenvalue weighted by Gasteiger charge is 2.41. The van der Waals surface area contributed by atoms with Crippen LogP contribution in [0, 0.1) is 0 Å². The van der Waals surface area contributed by atoms with Gasteiger partial charge in [-0.25, -0.2) is 13.8 Å². The van der Waals surface area contributed by atoms with Crippen LogP contribution < -0.4 is 4.74 Å². The summed E-state index contributed by atoms with van der Waals surface area (Å²) in [5.74, 6) is -0.703. The Morgan fingerprint density at radius 1 is 1.17 bits per heavy atom. The molecular weight excluding hydrogens is 384 g/mol. The lowest BCUT2D eigenvalue weighted by atomic mass is 9.92. The molecule has 0 unspecified atom stereocenters. The number of rotatable bonds is 8. The molecule has 1 amide bonds. The van der Waals surface area contributed by atoms with E-state index in [0.717, 1.165) is 9.75 Å². The van der Waals surface area contributed by atoms with Crippen molar-refractivity contribution in [3.63, 3.8) is 0 Å². The van der Waals surface area contributed by atoms with Gasteiger partial charge in [0, 0.05) is 18.8 Å². The third-order valence-corrected chi connectivity index (χ3v) is 4.21. The smallest absolute Gasteiger partial charge is 0.282 e. The van der Waals surface area contributed by atoms with Crippen LogP contribution >= 0.6 is 0 Å². The van der Waals surface area contributed by atoms with Crippen molar-refractivity contribution < 1.29 is 27.9 Å². The highest BCUT2D eigenvalue weighted by Crippen LogP contribution is 2.28. The van der Waals surface area contributed by atoms with Gasteiger partial charge in [0.1, 0.15) is 17.0 Å². The Morgan fingerprint density at radius 3 is 2.24 bits per heavy atom. The van der Waals surface area contributed by atoms with E-state index in [0.29, 0.717) is 11.3 Å². The molecule has 1 aromatic heterocycles. The largest absolute Gasteiger partial charge is 0.491 e. The number of ketones is 1. The van der Waals surface area contributed by atoms with Crippen LogP contribution in [0.15, 0.2) is 30.5 Å². The summed E-state index contributed by atoms with van der Waals surface area (Å²) in [6.45, 7) is 6.73. The molecule has 2 aromatic rings. The second-order valence-electron chi connectivity index (χ2n) is 7.26. The van der Waals surface area contributed by atoms with E-state index in [-0.39, 0.29) is 11.7 Å². The summed E-state index contributed by atoms with van der Waals surface area (Å²) in [5.41, 5.74) is -2.15. The van der Waals surface area contributed by atoms with Crippen LogP contribution in [-0.4, -0.2) is 45.3 Å². The Hall–Kier alpha value is -2.81. The number of carbonyl (C=O) groups excluding carboxylic acids is 2. The molecule has 0 bridgehead atoms. The first-order valence-electron chi connectivity index (χ1n) is 9.00. The zero-order valence-corrected chi connectivity index (χ0v) is 17.3. The molecule has 0 saturated heterocycles. The molecule has 1 aromatic carbocycles. The van der Waals surface area contributed by atoms with Crippen molar-refractivity contribution in [2.45, 2.75) is 45.8 Å². The number of alkyl halides is 2. The van der Waals surface area contributed by atoms with E-state index < -0.39 is 29.3 Å². The molecule has 0 radical (unpaired) electrons. The molecule has 0 saturated carbocycles. The van der Waals surface area contributed by atoms with E-state index >= 15 is 0 Å². The van der Waals surface area contributed by atoms with Gasteiger partial charge in [0.05, 0.1) is 18.8 Å². The van der Waals surface area contributed by atoms with Gasteiger partial charge in [-0.3, -0.25) is 19.1 Å². The van der Waals surface area contributed by atoms with Crippen molar-refractivity contribution >= 4 is 11.7 Å². The van der Waals surface area contributed by atoms with E-state index in [1.54, 1.807) is 24.3 Å². The van der Waals surface area contributed by atoms with Crippen molar-refractivity contribution in [3.05, 3.63) is 47.3 Å². The molecule has 0 aliphatic rings. The molecule has 0 fully saturated rings. The average Bonchev–Trinajstić information content (AvgIpc) is 3.03. The van der Waals surface area contributed by atoms with Gasteiger partial charge >= 0.3 is 0 Å². The summed E-state index contributed by atoms with van der Waals surface area (Å²) in [5, 5.41) is 4.42. The first kappa shape index (κ1) is 22.5. The maximum Gasteiger partial charge on any atom is 0.282 e. The first-order valence-corrected chi connectivity index (χ1v) is 9.00. The van der Waals surface area contributed by atoms with Crippen LogP contribution in [0.5, 0.6) is 5.75 Å². The van der Waals surface area contributed by atoms with Crippen LogP contribution in [0.3, 0.4) is 0 Å². The minimum Gasteiger partial charge on any atom is -0.491 e. The summed E-state index contributed by atoms with van der Waals surface area (Å²) >= 11 is 0. The zero-order chi connectivity index (χ0) is 21.9. The SMILES string of the molecule is CON(C(=O)c1cn(C)nc1C(F)F)C(C)(C)C(=O)c1ccc(OC(C)C)cc1. The minimum atomic E-state index is -2.94. The van der Waals surface area contributed by atoms with Crippen LogP contribution in [0.1, 0.15) is 60.5 Å². The average molecular weight is 409 g/mol. The number of hydrogen-bond donors (Lipinski definition) is 0. The third-order valence-electron chi connectivity index (χ3n) is 4.21. The van der Waals surface area contributed by atoms with E-state index in [1.807, 2.05) is 13.8 Å². The minimum absolute atomic E-state index is 0.0156. The highest BCUT2D eigenvalue weighted by atomic mass is 19.3. The summed E-state index contributed by atoms with van der Waals surface area (Å²) in [7, 11) is 2.63. The monoisotopic (exact) mass is 409 g/mol. The predicted molar refractivity (Wildman–Crippen MR) is 102 cm³/mol. The fraction of sp³-hybridized carbons (Fsp3) is 0.450. The van der Waals surface area contributed by atoms with Crippen molar-refractivity contribution in [1.29, 1.82) is 0 Å². The summed E-state index contributed by atoms with van der Waals surface area (Å²) in [4.78, 5) is 31.1. The molecule has 0 aliphatic heterocycles. The predicted octanol–water partition coefficient (Wildman–Crippen LogP) is 3.81. The maximum atomic E-state index is 13.3. The molecule has 29 heavy (non-hydrogen) atoms. The fourth-order valence-electron chi connectivity index (χ4n) is 2.91. The second kappa shape index (κ2) is 8.69. The zero-order valence-electron chi connectivity index (χ0n) is 17.3. The summed E-state index contributed by atoms with van der Waals surface area (Å²) < 4.78 is 33.2. The topological polar surface area (TPSA) is 73.7 Å². The molecule has 0 spiro atoms. The highest BCUT2D eigenvalue weighted by molar-refractivity contribution is 6.06. The van der Waals surface area contributed by atoms with Crippen LogP contribution in [0.4, 0.5) is 8.78 Å². The summed E-state index contributed by atoms with van der Waals surface area (Å²) in [6.07, 6.45) is -1.78. The van der Waals surface area contributed by atoms with Gasteiger partial charge in [0.25, 0.3) is 12.3 Å². The molecular formula is C20H25F2N3O4. The lowest BCUT2D eigenvalue weighted by Gasteiger charge is -2.34. The number of hydrogen-bond acceptors (Lipinski definition) is 5. The number of nitrogens with zero attached hydrogens (tertiary/aromatic N) is 3. The van der Waals surface area contributed by atoms with Gasteiger partial charge < -0.3 is 4.74 Å². The van der Waals surface area contributed by atoms with Crippen molar-refractivity contribution in [1.82, 2.24) is 14.8 Å². The normalized spacial score (nSPS) is 11.8. The van der Waals surface area contributed by atoms with Crippen LogP contribution in [0.2, 0.25) is 0 Å². The van der Waals surface area contributed by atoms with Gasteiger partial charge in [-0.05, 0) is 52.0 Å². The quantitative estimate of drug-likeness (QED) is 0.490. The molecule has 7 nitrogen and oxygen atoms in total. The number of aromatic nitrogens is 2. The molecule has 0 atom stereocenters. The second-order valence-corrected chi connectivity index (χ2v) is 7.26. The van der Waals surface area contributed by atoms with E-state index in [1.165, 1.54) is 34.2 Å². The van der Waals surface area contributed by atoms with Crippen LogP contribution in [-0.2, 0) is 11.9 Å². The lowest BCUT2D eigenvalue weighted by Crippen LogP contribution is -2.52. The molecule has 1 heterocycles. The standard InChI is InChI=1S/C20H25F2N3O4/c1-12(2)29-14-9-7-13(8-10-14)17(26)20(3,4)25(28-6)19(27)15-11-24(5)23-16(15)18(21)22/h7-12,18H,1-6H3. The molecule has 0 aliphatic carbocycles. The Balaban J connectivity index is 2.33. The van der Waals surface area contributed by atoms with E-state index in [9.17, 15) is 18.4 Å². The van der Waals surface area contributed by atoms with Crippen LogP contribution in [0.25, 0.3) is 0 Å². The van der Waals surface area contributed by atoms with Gasteiger partial charge in [-0.1, -0.05) is 0 Å². The fourth-order valence-corrected chi connectivity index (χ4v) is 2.91. The Kier molecular flexibility index (Phi) is 6.73. The Labute approximate surface area is 168 Å². The molecule has 158 valence electrons. The Morgan fingerprint density at radius 2 is 1.76 bits per heavy atom. The number of halogens is 2. The number of Topliss-reactive ketones (excluding diaryl/α,β-unsaturated/α-hetero) is 1. The third kappa shape index (κ3) is 4.79. The molecule has 2 rings (SSSR count). The lowest BCUT2D eigenvalue weighted by molar-refractivity contribution is -0.138. The van der Waals surface area contributed by atoms with Crippen molar-refractivity contribution in [3.8, 4) is 5.75 Å². The Bertz CT molecular complexity index is 876. The number of ether oxygens (including phenoxy) is 1. The summed E-state index contributed by atoms with van der Waals surface area (Å²) in [6, 6.07) is 6.46. The van der Waals surface area contributed by atoms with Crippen molar-refractivity contribution in [2.24, 2.45) is 7.05 Å². The molecule has 0 N–H and O–H groups in total.